The molecule has 0 spiro atoms. The topological polar surface area (TPSA) is 51.2 Å². The molecule has 0 aliphatic carbocycles. The maximum atomic E-state index is 13.1. The fourth-order valence-electron chi connectivity index (χ4n) is 2.43. The van der Waals surface area contributed by atoms with Gasteiger partial charge in [0, 0.05) is 10.6 Å². The Kier molecular flexibility index (Phi) is 3.28. The lowest BCUT2D eigenvalue weighted by Crippen LogP contribution is -2.33. The zero-order chi connectivity index (χ0) is 12.5. The summed E-state index contributed by atoms with van der Waals surface area (Å²) in [5.41, 5.74) is 3.53. The predicted octanol–water partition coefficient (Wildman–Crippen LogP) is 2.97. The minimum absolute atomic E-state index is 0.00652. The molecule has 2 atom stereocenters. The van der Waals surface area contributed by atoms with Crippen LogP contribution >= 0.6 is 11.8 Å². The Balaban J connectivity index is 1.96. The van der Waals surface area contributed by atoms with Crippen molar-refractivity contribution in [1.29, 1.82) is 0 Å². The normalized spacial score (nSPS) is 21.6. The maximum Gasteiger partial charge on any atom is 0.134 e. The summed E-state index contributed by atoms with van der Waals surface area (Å²) in [6, 6.07) is 6.42. The van der Waals surface area contributed by atoms with Crippen molar-refractivity contribution < 1.29 is 8.81 Å². The number of halogens is 1. The quantitative estimate of drug-likeness (QED) is 0.662. The minimum Gasteiger partial charge on any atom is -0.459 e. The van der Waals surface area contributed by atoms with Crippen LogP contribution in [0.25, 0.3) is 11.0 Å². The highest BCUT2D eigenvalue weighted by molar-refractivity contribution is 8.00. The fourth-order valence-corrected chi connectivity index (χ4v) is 3.80. The zero-order valence-electron chi connectivity index (χ0n) is 9.86. The second kappa shape index (κ2) is 4.91. The predicted molar refractivity (Wildman–Crippen MR) is 71.7 cm³/mol. The summed E-state index contributed by atoms with van der Waals surface area (Å²) in [6.45, 7) is 0. The number of nitrogens with one attached hydrogen (secondary N) is 1. The van der Waals surface area contributed by atoms with Crippen LogP contribution in [-0.4, -0.2) is 11.0 Å². The number of rotatable bonds is 3. The van der Waals surface area contributed by atoms with Gasteiger partial charge in [-0.25, -0.2) is 9.82 Å². The van der Waals surface area contributed by atoms with E-state index in [1.165, 1.54) is 18.6 Å². The third kappa shape index (κ3) is 2.13. The largest absolute Gasteiger partial charge is 0.459 e. The van der Waals surface area contributed by atoms with E-state index in [-0.39, 0.29) is 11.9 Å². The number of nitrogens with two attached hydrogens (primary N) is 1. The summed E-state index contributed by atoms with van der Waals surface area (Å²) in [4.78, 5) is 0. The molecule has 5 heteroatoms. The SMILES string of the molecule is NNC(c1cc2cc(F)ccc2o1)C1CCCS1. The van der Waals surface area contributed by atoms with Crippen molar-refractivity contribution >= 4 is 22.7 Å². The highest BCUT2D eigenvalue weighted by Gasteiger charge is 2.28. The molecule has 96 valence electrons. The van der Waals surface area contributed by atoms with Crippen LogP contribution in [0, 0.1) is 5.82 Å². The monoisotopic (exact) mass is 266 g/mol. The second-order valence-corrected chi connectivity index (χ2v) is 5.87. The van der Waals surface area contributed by atoms with E-state index in [9.17, 15) is 4.39 Å². The first-order chi connectivity index (χ1) is 8.78. The highest BCUT2D eigenvalue weighted by atomic mass is 32.2. The van der Waals surface area contributed by atoms with Gasteiger partial charge in [0.15, 0.2) is 0 Å². The number of furan rings is 1. The number of hydrogen-bond donors (Lipinski definition) is 2. The van der Waals surface area contributed by atoms with E-state index >= 15 is 0 Å². The van der Waals surface area contributed by atoms with Crippen molar-refractivity contribution in [3.63, 3.8) is 0 Å². The Morgan fingerprint density at radius 2 is 2.33 bits per heavy atom. The van der Waals surface area contributed by atoms with Crippen molar-refractivity contribution in [2.75, 3.05) is 5.75 Å². The molecule has 3 rings (SSSR count). The van der Waals surface area contributed by atoms with Gasteiger partial charge in [-0.1, -0.05) is 0 Å². The van der Waals surface area contributed by atoms with Gasteiger partial charge in [-0.3, -0.25) is 5.84 Å². The molecule has 1 aromatic heterocycles. The van der Waals surface area contributed by atoms with Gasteiger partial charge in [-0.15, -0.1) is 0 Å². The van der Waals surface area contributed by atoms with Gasteiger partial charge < -0.3 is 4.42 Å². The molecule has 1 aliphatic rings. The Morgan fingerprint density at radius 1 is 1.44 bits per heavy atom. The van der Waals surface area contributed by atoms with Crippen LogP contribution in [0.15, 0.2) is 28.7 Å². The fraction of sp³-hybridized carbons (Fsp3) is 0.385. The molecular formula is C13H15FN2OS. The molecule has 2 unspecified atom stereocenters. The van der Waals surface area contributed by atoms with E-state index in [2.05, 4.69) is 5.43 Å². The molecular weight excluding hydrogens is 251 g/mol. The van der Waals surface area contributed by atoms with E-state index < -0.39 is 0 Å². The molecule has 0 bridgehead atoms. The third-order valence-electron chi connectivity index (χ3n) is 3.32. The number of benzene rings is 1. The van der Waals surface area contributed by atoms with Crippen LogP contribution in [-0.2, 0) is 0 Å². The van der Waals surface area contributed by atoms with E-state index in [1.54, 1.807) is 6.07 Å². The van der Waals surface area contributed by atoms with Crippen molar-refractivity contribution in [2.45, 2.75) is 24.1 Å². The molecule has 3 nitrogen and oxygen atoms in total. The first kappa shape index (κ1) is 12.0. The molecule has 2 aromatic rings. The molecule has 2 heterocycles. The number of fused-ring (bicyclic) bond motifs is 1. The second-order valence-electron chi connectivity index (χ2n) is 4.53. The third-order valence-corrected chi connectivity index (χ3v) is 4.78. The molecule has 3 N–H and O–H groups in total. The van der Waals surface area contributed by atoms with Gasteiger partial charge in [-0.2, -0.15) is 11.8 Å². The van der Waals surface area contributed by atoms with Crippen LogP contribution in [0.2, 0.25) is 0 Å². The Bertz CT molecular complexity index is 551. The van der Waals surface area contributed by atoms with Gasteiger partial charge in [0.2, 0.25) is 0 Å². The molecule has 1 fully saturated rings. The van der Waals surface area contributed by atoms with Crippen LogP contribution < -0.4 is 11.3 Å². The maximum absolute atomic E-state index is 13.1. The van der Waals surface area contributed by atoms with Crippen molar-refractivity contribution in [3.8, 4) is 0 Å². The molecule has 0 amide bonds. The smallest absolute Gasteiger partial charge is 0.134 e. The van der Waals surface area contributed by atoms with Crippen molar-refractivity contribution in [1.82, 2.24) is 5.43 Å². The Morgan fingerprint density at radius 3 is 3.06 bits per heavy atom. The Hall–Kier alpha value is -1.04. The summed E-state index contributed by atoms with van der Waals surface area (Å²) in [7, 11) is 0. The van der Waals surface area contributed by atoms with Crippen LogP contribution in [0.4, 0.5) is 4.39 Å². The van der Waals surface area contributed by atoms with Gasteiger partial charge in [0.25, 0.3) is 0 Å². The van der Waals surface area contributed by atoms with Gasteiger partial charge in [0.1, 0.15) is 17.2 Å². The van der Waals surface area contributed by atoms with E-state index in [0.717, 1.165) is 23.3 Å². The standard InChI is InChI=1S/C13H15FN2OS/c14-9-3-4-10-8(6-9)7-11(17-10)13(16-15)12-2-1-5-18-12/h3-4,6-7,12-13,16H,1-2,5,15H2. The minimum atomic E-state index is -0.248. The van der Waals surface area contributed by atoms with E-state index in [4.69, 9.17) is 10.3 Å². The highest BCUT2D eigenvalue weighted by Crippen LogP contribution is 2.37. The number of hydrogen-bond acceptors (Lipinski definition) is 4. The lowest BCUT2D eigenvalue weighted by Gasteiger charge is -2.19. The molecule has 1 aliphatic heterocycles. The average molecular weight is 266 g/mol. The summed E-state index contributed by atoms with van der Waals surface area (Å²) in [6.07, 6.45) is 2.34. The molecule has 1 saturated heterocycles. The Labute approximate surface area is 109 Å². The molecule has 1 aromatic carbocycles. The van der Waals surface area contributed by atoms with Crippen molar-refractivity contribution in [3.05, 3.63) is 35.8 Å². The van der Waals surface area contributed by atoms with Crippen molar-refractivity contribution in [2.24, 2.45) is 5.84 Å². The lowest BCUT2D eigenvalue weighted by molar-refractivity contribution is 0.421. The molecule has 0 saturated carbocycles. The summed E-state index contributed by atoms with van der Waals surface area (Å²) >= 11 is 1.91. The molecule has 0 radical (unpaired) electrons. The average Bonchev–Trinajstić information content (AvgIpc) is 2.98. The van der Waals surface area contributed by atoms with Crippen LogP contribution in [0.5, 0.6) is 0 Å². The van der Waals surface area contributed by atoms with E-state index in [0.29, 0.717) is 10.8 Å². The zero-order valence-corrected chi connectivity index (χ0v) is 10.7. The molecule has 18 heavy (non-hydrogen) atoms. The lowest BCUT2D eigenvalue weighted by atomic mass is 10.1. The van der Waals surface area contributed by atoms with Crippen LogP contribution in [0.3, 0.4) is 0 Å². The number of hydrazine groups is 1. The summed E-state index contributed by atoms with van der Waals surface area (Å²) in [5, 5.41) is 1.22. The van der Waals surface area contributed by atoms with Gasteiger partial charge in [0.05, 0.1) is 6.04 Å². The van der Waals surface area contributed by atoms with E-state index in [1.807, 2.05) is 17.8 Å². The summed E-state index contributed by atoms with van der Waals surface area (Å²) in [5.74, 6) is 7.34. The van der Waals surface area contributed by atoms with Crippen LogP contribution in [0.1, 0.15) is 24.6 Å². The van der Waals surface area contributed by atoms with Gasteiger partial charge >= 0.3 is 0 Å². The first-order valence-electron chi connectivity index (χ1n) is 6.04. The summed E-state index contributed by atoms with van der Waals surface area (Å²) < 4.78 is 18.9. The number of thioether (sulfide) groups is 1. The van der Waals surface area contributed by atoms with Gasteiger partial charge in [-0.05, 0) is 42.9 Å². The first-order valence-corrected chi connectivity index (χ1v) is 7.09.